The number of anilines is 1. The molecule has 3 aromatic carbocycles. The third-order valence-corrected chi connectivity index (χ3v) is 8.83. The van der Waals surface area contributed by atoms with Crippen molar-refractivity contribution in [2.24, 2.45) is 0 Å². The molecule has 4 N–H and O–H groups in total. The van der Waals surface area contributed by atoms with Crippen LogP contribution in [0.15, 0.2) is 65.6 Å². The largest absolute Gasteiger partial charge is 0.454 e. The number of aliphatic hydroxyl groups excluding tert-OH is 2. The van der Waals surface area contributed by atoms with E-state index in [1.165, 1.54) is 19.1 Å². The number of carbonyl (C=O) groups is 1. The van der Waals surface area contributed by atoms with E-state index in [0.29, 0.717) is 17.2 Å². The Morgan fingerprint density at radius 1 is 0.947 bits per heavy atom. The first-order chi connectivity index (χ1) is 18.1. The highest BCUT2D eigenvalue weighted by atomic mass is 32.2. The van der Waals surface area contributed by atoms with E-state index in [4.69, 9.17) is 9.47 Å². The van der Waals surface area contributed by atoms with Crippen LogP contribution < -0.4 is 19.5 Å². The summed E-state index contributed by atoms with van der Waals surface area (Å²) in [6, 6.07) is 17.6. The van der Waals surface area contributed by atoms with Gasteiger partial charge in [-0.1, -0.05) is 30.3 Å². The zero-order chi connectivity index (χ0) is 27.1. The van der Waals surface area contributed by atoms with Crippen LogP contribution in [0.25, 0.3) is 11.1 Å². The highest BCUT2D eigenvalue weighted by molar-refractivity contribution is 7.89. The number of aryl methyl sites for hydroxylation is 1. The summed E-state index contributed by atoms with van der Waals surface area (Å²) in [6.45, 7) is 2.42. The fourth-order valence-electron chi connectivity index (χ4n) is 4.47. The summed E-state index contributed by atoms with van der Waals surface area (Å²) in [5.41, 5.74) is 2.08. The van der Waals surface area contributed by atoms with Gasteiger partial charge in [0.1, 0.15) is 0 Å². The summed E-state index contributed by atoms with van der Waals surface area (Å²) < 4.78 is 38.7. The Morgan fingerprint density at radius 2 is 1.61 bits per heavy atom. The van der Waals surface area contributed by atoms with Crippen molar-refractivity contribution in [3.8, 4) is 22.6 Å². The number of sulfonamides is 1. The molecule has 1 fully saturated rings. The number of rotatable bonds is 9. The molecule has 38 heavy (non-hydrogen) atoms. The van der Waals surface area contributed by atoms with E-state index in [-0.39, 0.29) is 17.6 Å². The van der Waals surface area contributed by atoms with Gasteiger partial charge in [-0.15, -0.1) is 0 Å². The number of carbonyl (C=O) groups excluding carboxylic acids is 1. The molecule has 1 saturated carbocycles. The molecule has 1 amide bonds. The van der Waals surface area contributed by atoms with Gasteiger partial charge < -0.3 is 25.0 Å². The minimum atomic E-state index is -3.96. The molecule has 1 heterocycles. The van der Waals surface area contributed by atoms with Crippen LogP contribution in [0.3, 0.4) is 0 Å². The van der Waals surface area contributed by atoms with Crippen LogP contribution in [0, 0.1) is 6.92 Å². The van der Waals surface area contributed by atoms with Gasteiger partial charge in [-0.25, -0.2) is 13.1 Å². The van der Waals surface area contributed by atoms with Crippen molar-refractivity contribution in [3.05, 3.63) is 71.8 Å². The van der Waals surface area contributed by atoms with E-state index in [1.54, 1.807) is 12.1 Å². The number of hydrogen-bond acceptors (Lipinski definition) is 7. The molecule has 0 bridgehead atoms. The first-order valence-corrected chi connectivity index (χ1v) is 13.8. The van der Waals surface area contributed by atoms with Crippen molar-refractivity contribution in [3.63, 3.8) is 0 Å². The van der Waals surface area contributed by atoms with Gasteiger partial charge >= 0.3 is 0 Å². The molecule has 10 heteroatoms. The van der Waals surface area contributed by atoms with Crippen molar-refractivity contribution < 1.29 is 32.9 Å². The normalized spacial score (nSPS) is 15.8. The van der Waals surface area contributed by atoms with Crippen LogP contribution >= 0.6 is 0 Å². The Morgan fingerprint density at radius 3 is 2.26 bits per heavy atom. The number of hydrogen-bond donors (Lipinski definition) is 4. The molecule has 2 aliphatic rings. The topological polar surface area (TPSA) is 134 Å². The molecule has 3 aromatic rings. The van der Waals surface area contributed by atoms with Gasteiger partial charge in [-0.05, 0) is 79.3 Å². The van der Waals surface area contributed by atoms with Crippen molar-refractivity contribution >= 4 is 21.6 Å². The zero-order valence-electron chi connectivity index (χ0n) is 21.2. The molecular formula is C28H30N2O7S. The minimum Gasteiger partial charge on any atom is -0.454 e. The van der Waals surface area contributed by atoms with Crippen LogP contribution in [0.4, 0.5) is 5.69 Å². The molecular weight excluding hydrogens is 508 g/mol. The fourth-order valence-corrected chi connectivity index (χ4v) is 5.86. The van der Waals surface area contributed by atoms with E-state index in [1.807, 2.05) is 43.3 Å². The first-order valence-electron chi connectivity index (χ1n) is 12.3. The second kappa shape index (κ2) is 9.70. The number of benzene rings is 3. The Labute approximate surface area is 221 Å². The molecule has 0 unspecified atom stereocenters. The summed E-state index contributed by atoms with van der Waals surface area (Å²) in [7, 11) is -3.96. The van der Waals surface area contributed by atoms with Crippen LogP contribution in [-0.2, 0) is 20.2 Å². The molecule has 0 saturated heterocycles. The van der Waals surface area contributed by atoms with Crippen LogP contribution in [0.2, 0.25) is 0 Å². The molecule has 0 spiro atoms. The summed E-state index contributed by atoms with van der Waals surface area (Å²) in [5.74, 6) is 1.25. The first kappa shape index (κ1) is 26.2. The van der Waals surface area contributed by atoms with E-state index >= 15 is 0 Å². The average Bonchev–Trinajstić information content (AvgIpc) is 3.60. The van der Waals surface area contributed by atoms with Crippen LogP contribution in [0.1, 0.15) is 30.9 Å². The maximum Gasteiger partial charge on any atom is 0.241 e. The van der Waals surface area contributed by atoms with Crippen molar-refractivity contribution in [1.29, 1.82) is 0 Å². The maximum absolute atomic E-state index is 13.4. The van der Waals surface area contributed by atoms with Gasteiger partial charge in [0, 0.05) is 5.69 Å². The van der Waals surface area contributed by atoms with Crippen molar-refractivity contribution in [2.75, 3.05) is 25.3 Å². The number of aliphatic hydroxyl groups is 2. The molecule has 9 nitrogen and oxygen atoms in total. The highest BCUT2D eigenvalue weighted by Gasteiger charge is 2.51. The van der Waals surface area contributed by atoms with E-state index in [0.717, 1.165) is 35.1 Å². The highest BCUT2D eigenvalue weighted by Crippen LogP contribution is 2.51. The van der Waals surface area contributed by atoms with Gasteiger partial charge in [0.25, 0.3) is 0 Å². The van der Waals surface area contributed by atoms with Gasteiger partial charge in [-0.2, -0.15) is 0 Å². The molecule has 0 atom stereocenters. The number of ether oxygens (including phenoxy) is 2. The lowest BCUT2D eigenvalue weighted by molar-refractivity contribution is -0.118. The van der Waals surface area contributed by atoms with Crippen molar-refractivity contribution in [1.82, 2.24) is 4.72 Å². The van der Waals surface area contributed by atoms with Gasteiger partial charge in [0.2, 0.25) is 22.7 Å². The molecule has 5 rings (SSSR count). The Kier molecular flexibility index (Phi) is 6.68. The second-order valence-electron chi connectivity index (χ2n) is 10.1. The summed E-state index contributed by atoms with van der Waals surface area (Å²) >= 11 is 0. The number of amides is 1. The molecule has 200 valence electrons. The SMILES string of the molecule is Cc1ccc(-c2ccc(S(=O)(=O)NC(C)(CO)CO)cc2)cc1NC(=O)C1(c2ccc3c(c2)OCO3)CC1. The Bertz CT molecular complexity index is 1480. The second-order valence-corrected chi connectivity index (χ2v) is 11.8. The fraction of sp³-hybridized carbons (Fsp3) is 0.321. The smallest absolute Gasteiger partial charge is 0.241 e. The molecule has 1 aliphatic heterocycles. The lowest BCUT2D eigenvalue weighted by Gasteiger charge is -2.25. The summed E-state index contributed by atoms with van der Waals surface area (Å²) in [6.07, 6.45) is 1.49. The van der Waals surface area contributed by atoms with Crippen molar-refractivity contribution in [2.45, 2.75) is 42.5 Å². The molecule has 0 radical (unpaired) electrons. The number of fused-ring (bicyclic) bond motifs is 1. The number of nitrogens with one attached hydrogen (secondary N) is 2. The molecule has 1 aliphatic carbocycles. The van der Waals surface area contributed by atoms with E-state index < -0.39 is 34.2 Å². The summed E-state index contributed by atoms with van der Waals surface area (Å²) in [4.78, 5) is 13.4. The lowest BCUT2D eigenvalue weighted by Crippen LogP contribution is -2.51. The minimum absolute atomic E-state index is 0.00872. The Balaban J connectivity index is 1.35. The zero-order valence-corrected chi connectivity index (χ0v) is 22.0. The average molecular weight is 539 g/mol. The predicted octanol–water partition coefficient (Wildman–Crippen LogP) is 3.08. The maximum atomic E-state index is 13.4. The quantitative estimate of drug-likeness (QED) is 0.329. The Hall–Kier alpha value is -3.44. The van der Waals surface area contributed by atoms with E-state index in [9.17, 15) is 23.4 Å². The predicted molar refractivity (Wildman–Crippen MR) is 142 cm³/mol. The van der Waals surface area contributed by atoms with E-state index in [2.05, 4.69) is 10.0 Å². The van der Waals surface area contributed by atoms with Crippen LogP contribution in [-0.4, -0.2) is 50.1 Å². The van der Waals surface area contributed by atoms with Crippen LogP contribution in [0.5, 0.6) is 11.5 Å². The third kappa shape index (κ3) is 4.88. The van der Waals surface area contributed by atoms with Gasteiger partial charge in [-0.3, -0.25) is 4.79 Å². The van der Waals surface area contributed by atoms with Gasteiger partial charge in [0.05, 0.1) is 29.1 Å². The monoisotopic (exact) mass is 538 g/mol. The van der Waals surface area contributed by atoms with Gasteiger partial charge in [0.15, 0.2) is 11.5 Å². The molecule has 0 aromatic heterocycles. The summed E-state index contributed by atoms with van der Waals surface area (Å²) in [5, 5.41) is 22.0. The lowest BCUT2D eigenvalue weighted by atomic mass is 9.94. The third-order valence-electron chi connectivity index (χ3n) is 7.17. The standard InChI is InChI=1S/C28H30N2O7S/c1-18-3-4-20(19-5-8-22(9-6-19)38(34,35)30-27(2,15-31)16-32)13-23(18)29-26(33)28(11-12-28)21-7-10-24-25(14-21)37-17-36-24/h3-10,13-14,30-32H,11-12,15-17H2,1-2H3,(H,29,33).